The lowest BCUT2D eigenvalue weighted by atomic mass is 9.66. The van der Waals surface area contributed by atoms with Crippen LogP contribution >= 0.6 is 0 Å². The third kappa shape index (κ3) is 2.71. The minimum absolute atomic E-state index is 0.00267. The fourth-order valence-electron chi connectivity index (χ4n) is 2.52. The van der Waals surface area contributed by atoms with Gasteiger partial charge in [0.05, 0.1) is 12.0 Å². The molecule has 0 bridgehead atoms. The van der Waals surface area contributed by atoms with E-state index in [4.69, 9.17) is 9.47 Å². The summed E-state index contributed by atoms with van der Waals surface area (Å²) in [5.74, 6) is 1.24. The molecule has 2 aliphatic rings. The molecule has 0 aromatic carbocycles. The van der Waals surface area contributed by atoms with E-state index in [9.17, 15) is 4.79 Å². The first-order valence-corrected chi connectivity index (χ1v) is 7.14. The van der Waals surface area contributed by atoms with E-state index in [1.807, 2.05) is 0 Å². The van der Waals surface area contributed by atoms with Crippen molar-refractivity contribution in [2.45, 2.75) is 59.7 Å². The van der Waals surface area contributed by atoms with Gasteiger partial charge in [0.1, 0.15) is 6.10 Å². The van der Waals surface area contributed by atoms with E-state index in [-0.39, 0.29) is 29.5 Å². The Bertz CT molecular complexity index is 322. The SMILES string of the molecule is CC(C)COC1CC(OC(=O)C2CC2C)C1(C)C. The lowest BCUT2D eigenvalue weighted by Crippen LogP contribution is -2.56. The summed E-state index contributed by atoms with van der Waals surface area (Å²) in [5, 5.41) is 0. The van der Waals surface area contributed by atoms with Gasteiger partial charge in [0.25, 0.3) is 0 Å². The molecule has 104 valence electrons. The lowest BCUT2D eigenvalue weighted by Gasteiger charge is -2.50. The van der Waals surface area contributed by atoms with Crippen molar-refractivity contribution in [2.24, 2.45) is 23.2 Å². The maximum absolute atomic E-state index is 11.8. The van der Waals surface area contributed by atoms with Crippen molar-refractivity contribution in [3.05, 3.63) is 0 Å². The Morgan fingerprint density at radius 1 is 1.28 bits per heavy atom. The summed E-state index contributed by atoms with van der Waals surface area (Å²) < 4.78 is 11.5. The van der Waals surface area contributed by atoms with Crippen LogP contribution in [0.25, 0.3) is 0 Å². The molecule has 0 N–H and O–H groups in total. The van der Waals surface area contributed by atoms with E-state index in [2.05, 4.69) is 34.6 Å². The summed E-state index contributed by atoms with van der Waals surface area (Å²) >= 11 is 0. The van der Waals surface area contributed by atoms with E-state index in [1.54, 1.807) is 0 Å². The summed E-state index contributed by atoms with van der Waals surface area (Å²) in [4.78, 5) is 11.8. The molecular formula is C15H26O3. The van der Waals surface area contributed by atoms with Crippen LogP contribution in [-0.4, -0.2) is 24.8 Å². The average molecular weight is 254 g/mol. The average Bonchev–Trinajstić information content (AvgIpc) is 2.99. The fraction of sp³-hybridized carbons (Fsp3) is 0.933. The first kappa shape index (κ1) is 13.9. The second kappa shape index (κ2) is 4.84. The number of ether oxygens (including phenoxy) is 2. The Morgan fingerprint density at radius 3 is 2.33 bits per heavy atom. The van der Waals surface area contributed by atoms with Gasteiger partial charge in [-0.15, -0.1) is 0 Å². The molecule has 4 unspecified atom stereocenters. The quantitative estimate of drug-likeness (QED) is 0.707. The Hall–Kier alpha value is -0.570. The highest BCUT2D eigenvalue weighted by Crippen LogP contribution is 2.47. The molecule has 0 radical (unpaired) electrons. The molecule has 4 atom stereocenters. The van der Waals surface area contributed by atoms with E-state index in [1.165, 1.54) is 0 Å². The first-order chi connectivity index (χ1) is 8.32. The molecule has 3 heteroatoms. The van der Waals surface area contributed by atoms with Crippen molar-refractivity contribution in [3.63, 3.8) is 0 Å². The van der Waals surface area contributed by atoms with E-state index in [0.717, 1.165) is 19.4 Å². The predicted molar refractivity (Wildman–Crippen MR) is 70.1 cm³/mol. The zero-order chi connectivity index (χ0) is 13.5. The van der Waals surface area contributed by atoms with Crippen molar-refractivity contribution in [3.8, 4) is 0 Å². The van der Waals surface area contributed by atoms with Gasteiger partial charge in [-0.05, 0) is 18.3 Å². The van der Waals surface area contributed by atoms with Crippen molar-refractivity contribution < 1.29 is 14.3 Å². The Balaban J connectivity index is 1.77. The van der Waals surface area contributed by atoms with Crippen LogP contribution in [0.4, 0.5) is 0 Å². The molecule has 0 aliphatic heterocycles. The summed E-state index contributed by atoms with van der Waals surface area (Å²) in [6.07, 6.45) is 2.12. The molecule has 0 amide bonds. The van der Waals surface area contributed by atoms with Gasteiger partial charge in [-0.3, -0.25) is 4.79 Å². The van der Waals surface area contributed by atoms with Crippen LogP contribution in [0, 0.1) is 23.2 Å². The normalized spacial score (nSPS) is 37.2. The molecule has 2 rings (SSSR count). The largest absolute Gasteiger partial charge is 0.461 e. The van der Waals surface area contributed by atoms with Crippen molar-refractivity contribution >= 4 is 5.97 Å². The Labute approximate surface area is 110 Å². The summed E-state index contributed by atoms with van der Waals surface area (Å²) in [6, 6.07) is 0. The van der Waals surface area contributed by atoms with E-state index >= 15 is 0 Å². The number of esters is 1. The van der Waals surface area contributed by atoms with Gasteiger partial charge in [-0.25, -0.2) is 0 Å². The molecule has 2 aliphatic carbocycles. The molecular weight excluding hydrogens is 228 g/mol. The van der Waals surface area contributed by atoms with Gasteiger partial charge < -0.3 is 9.47 Å². The van der Waals surface area contributed by atoms with E-state index in [0.29, 0.717) is 11.8 Å². The van der Waals surface area contributed by atoms with Gasteiger partial charge in [0, 0.05) is 18.4 Å². The molecule has 0 saturated heterocycles. The van der Waals surface area contributed by atoms with E-state index < -0.39 is 0 Å². The van der Waals surface area contributed by atoms with Crippen LogP contribution in [0.15, 0.2) is 0 Å². The Morgan fingerprint density at radius 2 is 1.89 bits per heavy atom. The standard InChI is InChI=1S/C15H26O3/c1-9(2)8-17-12-7-13(15(12,4)5)18-14(16)11-6-10(11)3/h9-13H,6-8H2,1-5H3. The van der Waals surface area contributed by atoms with Crippen LogP contribution in [-0.2, 0) is 14.3 Å². The minimum atomic E-state index is -0.0390. The zero-order valence-electron chi connectivity index (χ0n) is 12.2. The monoisotopic (exact) mass is 254 g/mol. The molecule has 0 aromatic rings. The van der Waals surface area contributed by atoms with Crippen molar-refractivity contribution in [2.75, 3.05) is 6.61 Å². The van der Waals surface area contributed by atoms with Crippen LogP contribution < -0.4 is 0 Å². The first-order valence-electron chi connectivity index (χ1n) is 7.14. The van der Waals surface area contributed by atoms with Crippen molar-refractivity contribution in [1.29, 1.82) is 0 Å². The molecule has 2 fully saturated rings. The topological polar surface area (TPSA) is 35.5 Å². The molecule has 3 nitrogen and oxygen atoms in total. The highest BCUT2D eigenvalue weighted by Gasteiger charge is 2.53. The number of hydrogen-bond acceptors (Lipinski definition) is 3. The summed E-state index contributed by atoms with van der Waals surface area (Å²) in [5.41, 5.74) is -0.0390. The van der Waals surface area contributed by atoms with Crippen molar-refractivity contribution in [1.82, 2.24) is 0 Å². The van der Waals surface area contributed by atoms with Crippen LogP contribution in [0.1, 0.15) is 47.5 Å². The third-order valence-electron chi connectivity index (χ3n) is 4.39. The molecule has 2 saturated carbocycles. The maximum atomic E-state index is 11.8. The number of rotatable bonds is 5. The lowest BCUT2D eigenvalue weighted by molar-refractivity contribution is -0.206. The second-order valence-corrected chi connectivity index (χ2v) is 7.02. The fourth-order valence-corrected chi connectivity index (χ4v) is 2.52. The Kier molecular flexibility index (Phi) is 3.72. The van der Waals surface area contributed by atoms with Crippen LogP contribution in [0.3, 0.4) is 0 Å². The molecule has 18 heavy (non-hydrogen) atoms. The zero-order valence-corrected chi connectivity index (χ0v) is 12.2. The predicted octanol–water partition coefficient (Wildman–Crippen LogP) is 3.03. The number of carbonyl (C=O) groups is 1. The van der Waals surface area contributed by atoms with Crippen LogP contribution in [0.2, 0.25) is 0 Å². The third-order valence-corrected chi connectivity index (χ3v) is 4.39. The highest BCUT2D eigenvalue weighted by molar-refractivity contribution is 5.75. The smallest absolute Gasteiger partial charge is 0.309 e. The second-order valence-electron chi connectivity index (χ2n) is 7.02. The van der Waals surface area contributed by atoms with Gasteiger partial charge >= 0.3 is 5.97 Å². The summed E-state index contributed by atoms with van der Waals surface area (Å²) in [6.45, 7) is 11.5. The van der Waals surface area contributed by atoms with Gasteiger partial charge in [0.2, 0.25) is 0 Å². The summed E-state index contributed by atoms with van der Waals surface area (Å²) in [7, 11) is 0. The minimum Gasteiger partial charge on any atom is -0.461 e. The molecule has 0 heterocycles. The van der Waals surface area contributed by atoms with Gasteiger partial charge in [-0.1, -0.05) is 34.6 Å². The number of carbonyl (C=O) groups excluding carboxylic acids is 1. The van der Waals surface area contributed by atoms with Crippen LogP contribution in [0.5, 0.6) is 0 Å². The molecule has 0 spiro atoms. The number of hydrogen-bond donors (Lipinski definition) is 0. The maximum Gasteiger partial charge on any atom is 0.309 e. The highest BCUT2D eigenvalue weighted by atomic mass is 16.6. The van der Waals surface area contributed by atoms with Gasteiger partial charge in [0.15, 0.2) is 0 Å². The molecule has 0 aromatic heterocycles. The van der Waals surface area contributed by atoms with Gasteiger partial charge in [-0.2, -0.15) is 0 Å².